The molecule has 0 aliphatic carbocycles. The third-order valence-corrected chi connectivity index (χ3v) is 3.52. The molecule has 1 aromatic carbocycles. The first-order valence-electron chi connectivity index (χ1n) is 7.07. The molecular formula is C17H17N3O2. The standard InChI is InChI=1S/C17H17N3O2/c1-22-14-5-6-16-15(9-14)12(10-19-16)8-17(21)20-11-13-4-2-3-7-18-13/h2-7,9-10,19H,8,11H2,1H3,(H,20,21). The molecule has 0 unspecified atom stereocenters. The summed E-state index contributed by atoms with van der Waals surface area (Å²) < 4.78 is 5.23. The molecule has 2 heterocycles. The number of hydrogen-bond donors (Lipinski definition) is 2. The van der Waals surface area contributed by atoms with Gasteiger partial charge < -0.3 is 15.0 Å². The SMILES string of the molecule is COc1ccc2[nH]cc(CC(=O)NCc3ccccn3)c2c1. The fraction of sp³-hybridized carbons (Fsp3) is 0.176. The fourth-order valence-corrected chi connectivity index (χ4v) is 2.36. The van der Waals surface area contributed by atoms with E-state index in [4.69, 9.17) is 4.74 Å². The van der Waals surface area contributed by atoms with Crippen molar-refractivity contribution >= 4 is 16.8 Å². The number of methoxy groups -OCH3 is 1. The highest BCUT2D eigenvalue weighted by Gasteiger charge is 2.09. The number of ether oxygens (including phenoxy) is 1. The Bertz CT molecular complexity index is 781. The molecule has 3 aromatic rings. The molecule has 0 saturated heterocycles. The maximum atomic E-state index is 12.1. The number of aromatic amines is 1. The molecule has 0 saturated carbocycles. The lowest BCUT2D eigenvalue weighted by Gasteiger charge is -2.05. The molecule has 5 nitrogen and oxygen atoms in total. The number of amides is 1. The highest BCUT2D eigenvalue weighted by Crippen LogP contribution is 2.23. The molecule has 112 valence electrons. The lowest BCUT2D eigenvalue weighted by Crippen LogP contribution is -2.24. The number of nitrogens with zero attached hydrogens (tertiary/aromatic N) is 1. The maximum Gasteiger partial charge on any atom is 0.224 e. The zero-order chi connectivity index (χ0) is 15.4. The molecule has 2 N–H and O–H groups in total. The minimum atomic E-state index is -0.0330. The van der Waals surface area contributed by atoms with Gasteiger partial charge in [-0.25, -0.2) is 0 Å². The van der Waals surface area contributed by atoms with Crippen molar-refractivity contribution in [1.82, 2.24) is 15.3 Å². The molecule has 0 bridgehead atoms. The van der Waals surface area contributed by atoms with E-state index in [1.165, 1.54) is 0 Å². The van der Waals surface area contributed by atoms with Crippen LogP contribution in [-0.4, -0.2) is 23.0 Å². The van der Waals surface area contributed by atoms with Crippen molar-refractivity contribution in [2.75, 3.05) is 7.11 Å². The van der Waals surface area contributed by atoms with Gasteiger partial charge in [0.2, 0.25) is 5.91 Å². The average Bonchev–Trinajstić information content (AvgIpc) is 2.96. The van der Waals surface area contributed by atoms with Crippen molar-refractivity contribution in [1.29, 1.82) is 0 Å². The van der Waals surface area contributed by atoms with E-state index in [1.807, 2.05) is 42.6 Å². The lowest BCUT2D eigenvalue weighted by atomic mass is 10.1. The van der Waals surface area contributed by atoms with Crippen LogP contribution in [0, 0.1) is 0 Å². The van der Waals surface area contributed by atoms with E-state index >= 15 is 0 Å². The van der Waals surface area contributed by atoms with E-state index in [-0.39, 0.29) is 5.91 Å². The lowest BCUT2D eigenvalue weighted by molar-refractivity contribution is -0.120. The second-order valence-corrected chi connectivity index (χ2v) is 5.00. The third-order valence-electron chi connectivity index (χ3n) is 3.52. The van der Waals surface area contributed by atoms with Crippen LogP contribution >= 0.6 is 0 Å². The first-order chi connectivity index (χ1) is 10.8. The highest BCUT2D eigenvalue weighted by molar-refractivity contribution is 5.89. The number of benzene rings is 1. The van der Waals surface area contributed by atoms with Crippen molar-refractivity contribution in [3.63, 3.8) is 0 Å². The second kappa shape index (κ2) is 6.30. The van der Waals surface area contributed by atoms with Crippen molar-refractivity contribution in [2.24, 2.45) is 0 Å². The van der Waals surface area contributed by atoms with Gasteiger partial charge in [0.15, 0.2) is 0 Å². The number of rotatable bonds is 5. The summed E-state index contributed by atoms with van der Waals surface area (Å²) >= 11 is 0. The molecule has 2 aromatic heterocycles. The highest BCUT2D eigenvalue weighted by atomic mass is 16.5. The van der Waals surface area contributed by atoms with Crippen LogP contribution < -0.4 is 10.1 Å². The summed E-state index contributed by atoms with van der Waals surface area (Å²) in [4.78, 5) is 19.5. The van der Waals surface area contributed by atoms with Crippen LogP contribution in [0.3, 0.4) is 0 Å². The number of aromatic nitrogens is 2. The van der Waals surface area contributed by atoms with Gasteiger partial charge in [-0.3, -0.25) is 9.78 Å². The van der Waals surface area contributed by atoms with E-state index < -0.39 is 0 Å². The number of fused-ring (bicyclic) bond motifs is 1. The van der Waals surface area contributed by atoms with E-state index in [0.29, 0.717) is 13.0 Å². The van der Waals surface area contributed by atoms with Crippen LogP contribution in [0.15, 0.2) is 48.8 Å². The van der Waals surface area contributed by atoms with Crippen LogP contribution in [-0.2, 0) is 17.8 Å². The Labute approximate surface area is 128 Å². The van der Waals surface area contributed by atoms with Gasteiger partial charge in [-0.2, -0.15) is 0 Å². The Kier molecular flexibility index (Phi) is 4.05. The summed E-state index contributed by atoms with van der Waals surface area (Å²) in [5.41, 5.74) is 2.79. The molecule has 5 heteroatoms. The van der Waals surface area contributed by atoms with Crippen LogP contribution in [0.25, 0.3) is 10.9 Å². The summed E-state index contributed by atoms with van der Waals surface area (Å²) in [6.45, 7) is 0.436. The van der Waals surface area contributed by atoms with Gasteiger partial charge in [-0.15, -0.1) is 0 Å². The second-order valence-electron chi connectivity index (χ2n) is 5.00. The van der Waals surface area contributed by atoms with Crippen LogP contribution in [0.4, 0.5) is 0 Å². The van der Waals surface area contributed by atoms with Gasteiger partial charge in [-0.05, 0) is 35.9 Å². The zero-order valence-corrected chi connectivity index (χ0v) is 12.3. The predicted octanol–water partition coefficient (Wildman–Crippen LogP) is 2.43. The zero-order valence-electron chi connectivity index (χ0n) is 12.3. The van der Waals surface area contributed by atoms with Crippen molar-refractivity contribution in [3.8, 4) is 5.75 Å². The minimum absolute atomic E-state index is 0.0330. The number of pyridine rings is 1. The molecular weight excluding hydrogens is 278 g/mol. The molecule has 0 atom stereocenters. The van der Waals surface area contributed by atoms with Crippen molar-refractivity contribution < 1.29 is 9.53 Å². The van der Waals surface area contributed by atoms with Gasteiger partial charge in [0.05, 0.1) is 25.8 Å². The summed E-state index contributed by atoms with van der Waals surface area (Å²) in [6.07, 6.45) is 3.90. The number of carbonyl (C=O) groups excluding carboxylic acids is 1. The van der Waals surface area contributed by atoms with E-state index in [1.54, 1.807) is 13.3 Å². The van der Waals surface area contributed by atoms with E-state index in [0.717, 1.165) is 27.9 Å². The third kappa shape index (κ3) is 3.09. The van der Waals surface area contributed by atoms with Gasteiger partial charge in [-0.1, -0.05) is 6.07 Å². The Morgan fingerprint density at radius 2 is 2.23 bits per heavy atom. The Morgan fingerprint density at radius 3 is 3.00 bits per heavy atom. The number of hydrogen-bond acceptors (Lipinski definition) is 3. The summed E-state index contributed by atoms with van der Waals surface area (Å²) in [6, 6.07) is 11.4. The molecule has 22 heavy (non-hydrogen) atoms. The van der Waals surface area contributed by atoms with Crippen molar-refractivity contribution in [3.05, 3.63) is 60.0 Å². The van der Waals surface area contributed by atoms with Crippen LogP contribution in [0.5, 0.6) is 5.75 Å². The molecule has 0 radical (unpaired) electrons. The quantitative estimate of drug-likeness (QED) is 0.759. The topological polar surface area (TPSA) is 67.0 Å². The molecule has 3 rings (SSSR count). The Balaban J connectivity index is 1.68. The van der Waals surface area contributed by atoms with Crippen molar-refractivity contribution in [2.45, 2.75) is 13.0 Å². The fourth-order valence-electron chi connectivity index (χ4n) is 2.36. The molecule has 0 spiro atoms. The normalized spacial score (nSPS) is 10.6. The van der Waals surface area contributed by atoms with E-state index in [2.05, 4.69) is 15.3 Å². The van der Waals surface area contributed by atoms with Crippen LogP contribution in [0.2, 0.25) is 0 Å². The average molecular weight is 295 g/mol. The van der Waals surface area contributed by atoms with Gasteiger partial charge in [0.1, 0.15) is 5.75 Å². The summed E-state index contributed by atoms with van der Waals surface area (Å²) in [5, 5.41) is 3.89. The molecule has 0 aliphatic rings. The maximum absolute atomic E-state index is 12.1. The smallest absolute Gasteiger partial charge is 0.224 e. The first-order valence-corrected chi connectivity index (χ1v) is 7.07. The number of H-pyrrole nitrogens is 1. The van der Waals surface area contributed by atoms with Gasteiger partial charge in [0, 0.05) is 23.3 Å². The monoisotopic (exact) mass is 295 g/mol. The predicted molar refractivity (Wildman–Crippen MR) is 84.6 cm³/mol. The first kappa shape index (κ1) is 14.1. The molecule has 0 fully saturated rings. The molecule has 0 aliphatic heterocycles. The summed E-state index contributed by atoms with van der Waals surface area (Å²) in [5.74, 6) is 0.747. The largest absolute Gasteiger partial charge is 0.497 e. The number of carbonyl (C=O) groups is 1. The molecule has 1 amide bonds. The Morgan fingerprint density at radius 1 is 1.32 bits per heavy atom. The van der Waals surface area contributed by atoms with Gasteiger partial charge in [0.25, 0.3) is 0 Å². The number of nitrogens with one attached hydrogen (secondary N) is 2. The van der Waals surface area contributed by atoms with Gasteiger partial charge >= 0.3 is 0 Å². The summed E-state index contributed by atoms with van der Waals surface area (Å²) in [7, 11) is 1.63. The Hall–Kier alpha value is -2.82. The van der Waals surface area contributed by atoms with Crippen LogP contribution in [0.1, 0.15) is 11.3 Å². The van der Waals surface area contributed by atoms with E-state index in [9.17, 15) is 4.79 Å². The minimum Gasteiger partial charge on any atom is -0.497 e.